The minimum atomic E-state index is -0.586. The number of amides is 1. The number of hydrogen-bond acceptors (Lipinski definition) is 6. The standard InChI is InChI=1S/C24H21ClFN3O4/c1-16-13-19(7-8-20(16)25)29(12-2-11-27)23(30)15-32-24(31)10-9-22-28-14-21(33-22)17-3-5-18(26)6-4-17/h3-8,13-14H,2,9-10,12,15H2,1H3. The highest BCUT2D eigenvalue weighted by Gasteiger charge is 2.19. The molecule has 0 aliphatic carbocycles. The molecule has 0 atom stereocenters. The SMILES string of the molecule is Cc1cc(N(CCC#N)C(=O)COC(=O)CCc2ncc(-c3ccc(F)cc3)o2)ccc1Cl. The summed E-state index contributed by atoms with van der Waals surface area (Å²) in [6, 6.07) is 12.9. The monoisotopic (exact) mass is 469 g/mol. The summed E-state index contributed by atoms with van der Waals surface area (Å²) in [7, 11) is 0. The number of rotatable bonds is 9. The Bertz CT molecular complexity index is 1170. The molecule has 0 aliphatic heterocycles. The summed E-state index contributed by atoms with van der Waals surface area (Å²) in [4.78, 5) is 30.3. The maximum atomic E-state index is 13.0. The first-order valence-corrected chi connectivity index (χ1v) is 10.5. The molecule has 0 N–H and O–H groups in total. The molecule has 0 spiro atoms. The van der Waals surface area contributed by atoms with Crippen LogP contribution in [0.15, 0.2) is 53.1 Å². The smallest absolute Gasteiger partial charge is 0.306 e. The van der Waals surface area contributed by atoms with Gasteiger partial charge in [0.25, 0.3) is 5.91 Å². The lowest BCUT2D eigenvalue weighted by Crippen LogP contribution is -2.35. The van der Waals surface area contributed by atoms with Gasteiger partial charge in [-0.25, -0.2) is 9.37 Å². The second-order valence-corrected chi connectivity index (χ2v) is 7.58. The van der Waals surface area contributed by atoms with Crippen molar-refractivity contribution in [2.24, 2.45) is 0 Å². The summed E-state index contributed by atoms with van der Waals surface area (Å²) < 4.78 is 23.7. The maximum absolute atomic E-state index is 13.0. The molecular weight excluding hydrogens is 449 g/mol. The van der Waals surface area contributed by atoms with Crippen LogP contribution in [0.25, 0.3) is 11.3 Å². The number of nitriles is 1. The first kappa shape index (κ1) is 24.0. The minimum Gasteiger partial charge on any atom is -0.456 e. The Morgan fingerprint density at radius 3 is 2.70 bits per heavy atom. The number of carbonyl (C=O) groups excluding carboxylic acids is 2. The van der Waals surface area contributed by atoms with E-state index in [-0.39, 0.29) is 31.6 Å². The van der Waals surface area contributed by atoms with Crippen molar-refractivity contribution >= 4 is 29.2 Å². The maximum Gasteiger partial charge on any atom is 0.306 e. The van der Waals surface area contributed by atoms with Crippen molar-refractivity contribution in [3.05, 3.63) is 71.0 Å². The Kier molecular flexibility index (Phi) is 8.17. The first-order chi connectivity index (χ1) is 15.9. The Hall–Kier alpha value is -3.70. The Balaban J connectivity index is 1.53. The van der Waals surface area contributed by atoms with Gasteiger partial charge in [0, 0.05) is 29.2 Å². The number of halogens is 2. The number of anilines is 1. The number of nitrogens with zero attached hydrogens (tertiary/aromatic N) is 3. The quantitative estimate of drug-likeness (QED) is 0.415. The van der Waals surface area contributed by atoms with Crippen LogP contribution in [0.4, 0.5) is 10.1 Å². The lowest BCUT2D eigenvalue weighted by molar-refractivity contribution is -0.147. The van der Waals surface area contributed by atoms with E-state index in [2.05, 4.69) is 4.98 Å². The molecule has 0 unspecified atom stereocenters. The predicted molar refractivity (Wildman–Crippen MR) is 120 cm³/mol. The topological polar surface area (TPSA) is 96.4 Å². The van der Waals surface area contributed by atoms with E-state index < -0.39 is 18.5 Å². The number of ether oxygens (including phenoxy) is 1. The molecule has 0 saturated heterocycles. The van der Waals surface area contributed by atoms with E-state index in [1.165, 1.54) is 23.2 Å². The molecule has 170 valence electrons. The Morgan fingerprint density at radius 2 is 2.00 bits per heavy atom. The van der Waals surface area contributed by atoms with Crippen molar-refractivity contribution in [1.29, 1.82) is 5.26 Å². The summed E-state index contributed by atoms with van der Waals surface area (Å²) in [6.07, 6.45) is 1.78. The van der Waals surface area contributed by atoms with Crippen LogP contribution in [0.3, 0.4) is 0 Å². The van der Waals surface area contributed by atoms with Gasteiger partial charge in [-0.3, -0.25) is 9.59 Å². The Morgan fingerprint density at radius 1 is 1.24 bits per heavy atom. The molecule has 1 aromatic heterocycles. The van der Waals surface area contributed by atoms with Gasteiger partial charge in [0.1, 0.15) is 5.82 Å². The van der Waals surface area contributed by atoms with Gasteiger partial charge >= 0.3 is 5.97 Å². The van der Waals surface area contributed by atoms with E-state index in [1.54, 1.807) is 30.3 Å². The third-order valence-electron chi connectivity index (χ3n) is 4.78. The van der Waals surface area contributed by atoms with E-state index in [1.807, 2.05) is 13.0 Å². The van der Waals surface area contributed by atoms with Crippen molar-refractivity contribution in [1.82, 2.24) is 4.98 Å². The van der Waals surface area contributed by atoms with Crippen LogP contribution in [0.2, 0.25) is 5.02 Å². The summed E-state index contributed by atoms with van der Waals surface area (Å²) in [5, 5.41) is 9.46. The fourth-order valence-corrected chi connectivity index (χ4v) is 3.15. The van der Waals surface area contributed by atoms with Crippen LogP contribution in [-0.2, 0) is 20.7 Å². The number of carbonyl (C=O) groups is 2. The highest BCUT2D eigenvalue weighted by molar-refractivity contribution is 6.31. The number of aryl methyl sites for hydroxylation is 2. The van der Waals surface area contributed by atoms with Crippen molar-refractivity contribution in [2.45, 2.75) is 26.2 Å². The fourth-order valence-electron chi connectivity index (χ4n) is 3.03. The summed E-state index contributed by atoms with van der Waals surface area (Å²) in [6.45, 7) is 1.51. The highest BCUT2D eigenvalue weighted by Crippen LogP contribution is 2.23. The van der Waals surface area contributed by atoms with Crippen LogP contribution in [-0.4, -0.2) is 30.0 Å². The summed E-state index contributed by atoms with van der Waals surface area (Å²) in [5.41, 5.74) is 2.02. The van der Waals surface area contributed by atoms with Crippen LogP contribution < -0.4 is 4.90 Å². The second kappa shape index (κ2) is 11.2. The van der Waals surface area contributed by atoms with Gasteiger partial charge in [-0.15, -0.1) is 0 Å². The van der Waals surface area contributed by atoms with Crippen molar-refractivity contribution in [2.75, 3.05) is 18.1 Å². The number of hydrogen-bond donors (Lipinski definition) is 0. The van der Waals surface area contributed by atoms with E-state index in [0.29, 0.717) is 27.9 Å². The minimum absolute atomic E-state index is 0.0328. The number of oxazole rings is 1. The molecule has 9 heteroatoms. The van der Waals surface area contributed by atoms with Gasteiger partial charge in [-0.2, -0.15) is 5.26 Å². The van der Waals surface area contributed by atoms with E-state index in [0.717, 1.165) is 5.56 Å². The van der Waals surface area contributed by atoms with Crippen LogP contribution in [0.1, 0.15) is 24.3 Å². The summed E-state index contributed by atoms with van der Waals surface area (Å²) >= 11 is 6.05. The van der Waals surface area contributed by atoms with Gasteiger partial charge < -0.3 is 14.1 Å². The third-order valence-corrected chi connectivity index (χ3v) is 5.21. The van der Waals surface area contributed by atoms with E-state index in [9.17, 15) is 14.0 Å². The largest absolute Gasteiger partial charge is 0.456 e. The molecule has 7 nitrogen and oxygen atoms in total. The van der Waals surface area contributed by atoms with Crippen LogP contribution in [0, 0.1) is 24.1 Å². The normalized spacial score (nSPS) is 10.5. The first-order valence-electron chi connectivity index (χ1n) is 10.2. The Labute approximate surface area is 195 Å². The molecule has 0 fully saturated rings. The molecule has 33 heavy (non-hydrogen) atoms. The molecule has 1 heterocycles. The second-order valence-electron chi connectivity index (χ2n) is 7.17. The van der Waals surface area contributed by atoms with Gasteiger partial charge in [-0.1, -0.05) is 11.6 Å². The zero-order valence-electron chi connectivity index (χ0n) is 17.9. The van der Waals surface area contributed by atoms with Crippen molar-refractivity contribution in [3.8, 4) is 17.4 Å². The number of aromatic nitrogens is 1. The zero-order chi connectivity index (χ0) is 23.8. The fraction of sp³-hybridized carbons (Fsp3) is 0.250. The number of esters is 1. The lowest BCUT2D eigenvalue weighted by atomic mass is 10.2. The molecular formula is C24H21ClFN3O4. The van der Waals surface area contributed by atoms with Crippen molar-refractivity contribution in [3.63, 3.8) is 0 Å². The highest BCUT2D eigenvalue weighted by atomic mass is 35.5. The van der Waals surface area contributed by atoms with Gasteiger partial charge in [0.15, 0.2) is 18.3 Å². The molecule has 0 aliphatic rings. The lowest BCUT2D eigenvalue weighted by Gasteiger charge is -2.22. The zero-order valence-corrected chi connectivity index (χ0v) is 18.6. The number of benzene rings is 2. The van der Waals surface area contributed by atoms with Gasteiger partial charge in [0.2, 0.25) is 0 Å². The average molecular weight is 470 g/mol. The summed E-state index contributed by atoms with van der Waals surface area (Å²) in [5.74, 6) is -0.606. The molecule has 3 rings (SSSR count). The predicted octanol–water partition coefficient (Wildman–Crippen LogP) is 4.87. The molecule has 0 bridgehead atoms. The van der Waals surface area contributed by atoms with Crippen molar-refractivity contribution < 1.29 is 23.1 Å². The molecule has 3 aromatic rings. The molecule has 0 radical (unpaired) electrons. The van der Waals surface area contributed by atoms with Gasteiger partial charge in [-0.05, 0) is 55.0 Å². The van der Waals surface area contributed by atoms with Crippen LogP contribution >= 0.6 is 11.6 Å². The molecule has 1 amide bonds. The molecule has 0 saturated carbocycles. The average Bonchev–Trinajstić information content (AvgIpc) is 3.28. The third kappa shape index (κ3) is 6.64. The molecule has 2 aromatic carbocycles. The van der Waals surface area contributed by atoms with E-state index >= 15 is 0 Å². The van der Waals surface area contributed by atoms with E-state index in [4.69, 9.17) is 26.0 Å². The van der Waals surface area contributed by atoms with Gasteiger partial charge in [0.05, 0.1) is 25.1 Å². The van der Waals surface area contributed by atoms with Crippen LogP contribution in [0.5, 0.6) is 0 Å².